The van der Waals surface area contributed by atoms with Crippen molar-refractivity contribution < 1.29 is 9.53 Å². The van der Waals surface area contributed by atoms with E-state index >= 15 is 0 Å². The summed E-state index contributed by atoms with van der Waals surface area (Å²) in [5.41, 5.74) is 0.744. The van der Waals surface area contributed by atoms with Gasteiger partial charge >= 0.3 is 0 Å². The van der Waals surface area contributed by atoms with Crippen LogP contribution in [0.2, 0.25) is 0 Å². The van der Waals surface area contributed by atoms with Crippen LogP contribution in [0.15, 0.2) is 12.5 Å². The first-order chi connectivity index (χ1) is 10.6. The van der Waals surface area contributed by atoms with Gasteiger partial charge in [-0.05, 0) is 0 Å². The molecule has 1 amide bonds. The molecule has 2 aromatic heterocycles. The van der Waals surface area contributed by atoms with Gasteiger partial charge in [0, 0.05) is 26.1 Å². The van der Waals surface area contributed by atoms with Crippen molar-refractivity contribution in [2.45, 2.75) is 20.4 Å². The highest BCUT2D eigenvalue weighted by atomic mass is 16.5. The van der Waals surface area contributed by atoms with Crippen LogP contribution < -0.4 is 10.6 Å². The Morgan fingerprint density at radius 2 is 2.18 bits per heavy atom. The van der Waals surface area contributed by atoms with Crippen LogP contribution in [-0.4, -0.2) is 52.5 Å². The molecule has 0 saturated carbocycles. The van der Waals surface area contributed by atoms with Crippen molar-refractivity contribution in [3.8, 4) is 0 Å². The molecule has 22 heavy (non-hydrogen) atoms. The van der Waals surface area contributed by atoms with Gasteiger partial charge in [-0.15, -0.1) is 0 Å². The fraction of sp³-hybridized carbons (Fsp3) is 0.571. The standard InChI is InChI=1S/C14H22N6O2/c1-10(2)14(21)16-4-6-20-13-11(8-19-20)12(17-9-18-13)15-5-7-22-3/h8-10H,4-7H2,1-3H3,(H,16,21)(H,15,17,18). The maximum atomic E-state index is 11.5. The van der Waals surface area contributed by atoms with E-state index in [4.69, 9.17) is 4.74 Å². The number of methoxy groups -OCH3 is 1. The molecule has 0 atom stereocenters. The molecular weight excluding hydrogens is 284 g/mol. The molecule has 0 bridgehead atoms. The summed E-state index contributed by atoms with van der Waals surface area (Å²) in [4.78, 5) is 20.0. The molecule has 0 aliphatic heterocycles. The van der Waals surface area contributed by atoms with Gasteiger partial charge in [-0.3, -0.25) is 4.79 Å². The first-order valence-electron chi connectivity index (χ1n) is 7.30. The van der Waals surface area contributed by atoms with E-state index < -0.39 is 0 Å². The normalized spacial score (nSPS) is 11.1. The Kier molecular flexibility index (Phi) is 5.65. The third-order valence-electron chi connectivity index (χ3n) is 3.18. The van der Waals surface area contributed by atoms with Crippen molar-refractivity contribution in [2.75, 3.05) is 32.1 Å². The number of carbonyl (C=O) groups excluding carboxylic acids is 1. The molecule has 0 fully saturated rings. The number of rotatable bonds is 8. The quantitative estimate of drug-likeness (QED) is 0.696. The average molecular weight is 306 g/mol. The highest BCUT2D eigenvalue weighted by molar-refractivity contribution is 5.86. The number of carbonyl (C=O) groups is 1. The van der Waals surface area contributed by atoms with Crippen molar-refractivity contribution >= 4 is 22.8 Å². The first-order valence-corrected chi connectivity index (χ1v) is 7.30. The first kappa shape index (κ1) is 16.2. The zero-order valence-corrected chi connectivity index (χ0v) is 13.2. The molecule has 8 nitrogen and oxygen atoms in total. The van der Waals surface area contributed by atoms with E-state index in [1.807, 2.05) is 13.8 Å². The van der Waals surface area contributed by atoms with Crippen LogP contribution in [-0.2, 0) is 16.1 Å². The second-order valence-corrected chi connectivity index (χ2v) is 5.19. The lowest BCUT2D eigenvalue weighted by atomic mass is 10.2. The molecule has 8 heteroatoms. The Hall–Kier alpha value is -2.22. The van der Waals surface area contributed by atoms with Crippen molar-refractivity contribution in [3.05, 3.63) is 12.5 Å². The fourth-order valence-electron chi connectivity index (χ4n) is 1.96. The minimum absolute atomic E-state index is 0.0201. The maximum Gasteiger partial charge on any atom is 0.222 e. The van der Waals surface area contributed by atoms with Crippen molar-refractivity contribution in [1.29, 1.82) is 0 Å². The number of ether oxygens (including phenoxy) is 1. The lowest BCUT2D eigenvalue weighted by Crippen LogP contribution is -2.30. The SMILES string of the molecule is COCCNc1ncnc2c1cnn2CCNC(=O)C(C)C. The van der Waals surface area contributed by atoms with Crippen LogP contribution in [0.4, 0.5) is 5.82 Å². The number of hydrogen-bond donors (Lipinski definition) is 2. The summed E-state index contributed by atoms with van der Waals surface area (Å²) in [7, 11) is 1.65. The van der Waals surface area contributed by atoms with Crippen LogP contribution in [0, 0.1) is 5.92 Å². The summed E-state index contributed by atoms with van der Waals surface area (Å²) < 4.78 is 6.77. The summed E-state index contributed by atoms with van der Waals surface area (Å²) in [5.74, 6) is 0.751. The van der Waals surface area contributed by atoms with E-state index in [2.05, 4.69) is 25.7 Å². The molecule has 0 aliphatic carbocycles. The number of anilines is 1. The van der Waals surface area contributed by atoms with Crippen LogP contribution in [0.5, 0.6) is 0 Å². The molecular formula is C14H22N6O2. The Morgan fingerprint density at radius 1 is 1.36 bits per heavy atom. The van der Waals surface area contributed by atoms with Gasteiger partial charge in [-0.2, -0.15) is 5.10 Å². The monoisotopic (exact) mass is 306 g/mol. The van der Waals surface area contributed by atoms with E-state index in [0.29, 0.717) is 26.2 Å². The number of nitrogens with one attached hydrogen (secondary N) is 2. The van der Waals surface area contributed by atoms with Crippen LogP contribution in [0.1, 0.15) is 13.8 Å². The van der Waals surface area contributed by atoms with Gasteiger partial charge in [0.25, 0.3) is 0 Å². The second kappa shape index (κ2) is 7.69. The van der Waals surface area contributed by atoms with Gasteiger partial charge in [0.2, 0.25) is 5.91 Å². The van der Waals surface area contributed by atoms with Crippen molar-refractivity contribution in [3.63, 3.8) is 0 Å². The van der Waals surface area contributed by atoms with E-state index in [1.165, 1.54) is 6.33 Å². The third-order valence-corrected chi connectivity index (χ3v) is 3.18. The van der Waals surface area contributed by atoms with Crippen molar-refractivity contribution in [2.24, 2.45) is 5.92 Å². The molecule has 2 heterocycles. The molecule has 0 unspecified atom stereocenters. The van der Waals surface area contributed by atoms with Gasteiger partial charge in [-0.25, -0.2) is 14.6 Å². The summed E-state index contributed by atoms with van der Waals surface area (Å²) in [5, 5.41) is 11.2. The Bertz CT molecular complexity index is 625. The topological polar surface area (TPSA) is 94.0 Å². The third kappa shape index (κ3) is 3.91. The maximum absolute atomic E-state index is 11.5. The molecule has 0 aromatic carbocycles. The fourth-order valence-corrected chi connectivity index (χ4v) is 1.96. The van der Waals surface area contributed by atoms with Gasteiger partial charge in [-0.1, -0.05) is 13.8 Å². The minimum atomic E-state index is -0.0201. The van der Waals surface area contributed by atoms with Crippen molar-refractivity contribution in [1.82, 2.24) is 25.1 Å². The molecule has 2 rings (SSSR count). The lowest BCUT2D eigenvalue weighted by Gasteiger charge is -2.08. The Labute approximate surface area is 129 Å². The van der Waals surface area contributed by atoms with E-state index in [-0.39, 0.29) is 11.8 Å². The summed E-state index contributed by atoms with van der Waals surface area (Å²) >= 11 is 0. The van der Waals surface area contributed by atoms with E-state index in [0.717, 1.165) is 16.9 Å². The summed E-state index contributed by atoms with van der Waals surface area (Å²) in [6.45, 7) is 6.08. The summed E-state index contributed by atoms with van der Waals surface area (Å²) in [6.07, 6.45) is 3.23. The van der Waals surface area contributed by atoms with E-state index in [9.17, 15) is 4.79 Å². The van der Waals surface area contributed by atoms with Gasteiger partial charge < -0.3 is 15.4 Å². The number of nitrogens with zero attached hydrogens (tertiary/aromatic N) is 4. The number of fused-ring (bicyclic) bond motifs is 1. The van der Waals surface area contributed by atoms with Crippen LogP contribution in [0.3, 0.4) is 0 Å². The number of aromatic nitrogens is 4. The number of hydrogen-bond acceptors (Lipinski definition) is 6. The van der Waals surface area contributed by atoms with Crippen LogP contribution in [0.25, 0.3) is 11.0 Å². The lowest BCUT2D eigenvalue weighted by molar-refractivity contribution is -0.124. The summed E-state index contributed by atoms with van der Waals surface area (Å²) in [6, 6.07) is 0. The largest absolute Gasteiger partial charge is 0.383 e. The second-order valence-electron chi connectivity index (χ2n) is 5.19. The average Bonchev–Trinajstić information content (AvgIpc) is 2.91. The predicted octanol–water partition coefficient (Wildman–Crippen LogP) is 0.657. The molecule has 0 radical (unpaired) electrons. The molecule has 2 aromatic rings. The van der Waals surface area contributed by atoms with E-state index in [1.54, 1.807) is 18.0 Å². The van der Waals surface area contributed by atoms with Crippen LogP contribution >= 0.6 is 0 Å². The highest BCUT2D eigenvalue weighted by Crippen LogP contribution is 2.18. The minimum Gasteiger partial charge on any atom is -0.383 e. The zero-order chi connectivity index (χ0) is 15.9. The molecule has 2 N–H and O–H groups in total. The molecule has 120 valence electrons. The Balaban J connectivity index is 2.03. The van der Waals surface area contributed by atoms with Gasteiger partial charge in [0.1, 0.15) is 12.1 Å². The predicted molar refractivity (Wildman–Crippen MR) is 83.5 cm³/mol. The molecule has 0 saturated heterocycles. The molecule has 0 spiro atoms. The van der Waals surface area contributed by atoms with Gasteiger partial charge in [0.05, 0.1) is 24.7 Å². The Morgan fingerprint density at radius 3 is 2.91 bits per heavy atom. The zero-order valence-electron chi connectivity index (χ0n) is 13.2. The number of amides is 1. The smallest absolute Gasteiger partial charge is 0.222 e. The highest BCUT2D eigenvalue weighted by Gasteiger charge is 2.10. The van der Waals surface area contributed by atoms with Gasteiger partial charge in [0.15, 0.2) is 5.65 Å². The molecule has 0 aliphatic rings.